The molecule has 3 heterocycles. The van der Waals surface area contributed by atoms with Crippen molar-refractivity contribution in [2.24, 2.45) is 0 Å². The summed E-state index contributed by atoms with van der Waals surface area (Å²) in [5.41, 5.74) is 1.50. The Morgan fingerprint density at radius 3 is 2.74 bits per heavy atom. The number of amides is 1. The first-order valence-corrected chi connectivity index (χ1v) is 7.56. The van der Waals surface area contributed by atoms with Gasteiger partial charge in [-0.1, -0.05) is 0 Å². The van der Waals surface area contributed by atoms with Crippen LogP contribution in [-0.4, -0.2) is 42.1 Å². The molecule has 2 aromatic rings. The van der Waals surface area contributed by atoms with Crippen LogP contribution in [0.25, 0.3) is 0 Å². The van der Waals surface area contributed by atoms with Gasteiger partial charge in [-0.05, 0) is 19.1 Å². The summed E-state index contributed by atoms with van der Waals surface area (Å²) >= 11 is 0. The van der Waals surface area contributed by atoms with Gasteiger partial charge in [0, 0.05) is 44.1 Å². The van der Waals surface area contributed by atoms with Crippen LogP contribution in [0.15, 0.2) is 35.4 Å². The zero-order chi connectivity index (χ0) is 16.2. The number of hydrogen-bond donors (Lipinski definition) is 3. The Balaban J connectivity index is 1.70. The summed E-state index contributed by atoms with van der Waals surface area (Å²) in [5, 5.41) is 5.95. The number of hydrogen-bond acceptors (Lipinski definition) is 5. The minimum absolute atomic E-state index is 0.0728. The molecule has 120 valence electrons. The summed E-state index contributed by atoms with van der Waals surface area (Å²) in [7, 11) is 0. The van der Waals surface area contributed by atoms with Crippen molar-refractivity contribution in [3.8, 4) is 0 Å². The molecule has 3 rings (SSSR count). The van der Waals surface area contributed by atoms with Crippen molar-refractivity contribution in [3.63, 3.8) is 0 Å². The van der Waals surface area contributed by atoms with E-state index in [-0.39, 0.29) is 11.0 Å². The lowest BCUT2D eigenvalue weighted by atomic mass is 10.2. The van der Waals surface area contributed by atoms with Crippen LogP contribution in [0.4, 0.5) is 11.5 Å². The molecule has 0 spiro atoms. The third-order valence-electron chi connectivity index (χ3n) is 3.77. The molecule has 0 saturated carbocycles. The van der Waals surface area contributed by atoms with E-state index in [4.69, 9.17) is 0 Å². The molecule has 1 amide bonds. The van der Waals surface area contributed by atoms with Crippen LogP contribution in [0.5, 0.6) is 0 Å². The fourth-order valence-electron chi connectivity index (χ4n) is 2.50. The SMILES string of the molecule is Cc1cc(=O)c(C(=O)Nc2ccc(N3CCNCC3)cn2)c[nH]1. The topological polar surface area (TPSA) is 90.1 Å². The molecule has 0 unspecified atom stereocenters. The van der Waals surface area contributed by atoms with Crippen LogP contribution >= 0.6 is 0 Å². The van der Waals surface area contributed by atoms with Crippen LogP contribution in [0.1, 0.15) is 16.1 Å². The second-order valence-electron chi connectivity index (χ2n) is 5.49. The number of nitrogens with zero attached hydrogens (tertiary/aromatic N) is 2. The van der Waals surface area contributed by atoms with Crippen LogP contribution in [0.3, 0.4) is 0 Å². The Bertz CT molecular complexity index is 748. The van der Waals surface area contributed by atoms with Gasteiger partial charge in [0.15, 0.2) is 5.43 Å². The number of rotatable bonds is 3. The highest BCUT2D eigenvalue weighted by molar-refractivity contribution is 6.03. The van der Waals surface area contributed by atoms with Crippen LogP contribution in [0.2, 0.25) is 0 Å². The third kappa shape index (κ3) is 3.57. The number of nitrogens with one attached hydrogen (secondary N) is 3. The van der Waals surface area contributed by atoms with Gasteiger partial charge in [0.1, 0.15) is 11.4 Å². The number of anilines is 2. The predicted octanol–water partition coefficient (Wildman–Crippen LogP) is 0.740. The molecule has 0 atom stereocenters. The zero-order valence-electron chi connectivity index (χ0n) is 12.9. The number of pyridine rings is 2. The molecule has 23 heavy (non-hydrogen) atoms. The Morgan fingerprint density at radius 1 is 1.30 bits per heavy atom. The molecule has 0 aromatic carbocycles. The van der Waals surface area contributed by atoms with E-state index in [0.717, 1.165) is 31.9 Å². The van der Waals surface area contributed by atoms with Crippen molar-refractivity contribution in [2.75, 3.05) is 36.4 Å². The van der Waals surface area contributed by atoms with Gasteiger partial charge in [-0.15, -0.1) is 0 Å². The zero-order valence-corrected chi connectivity index (χ0v) is 12.9. The number of carbonyl (C=O) groups excluding carboxylic acids is 1. The monoisotopic (exact) mass is 313 g/mol. The highest BCUT2D eigenvalue weighted by atomic mass is 16.2. The summed E-state index contributed by atoms with van der Waals surface area (Å²) in [6.45, 7) is 5.54. The molecule has 7 heteroatoms. The van der Waals surface area contributed by atoms with E-state index >= 15 is 0 Å². The number of H-pyrrole nitrogens is 1. The largest absolute Gasteiger partial charge is 0.368 e. The molecule has 2 aromatic heterocycles. The van der Waals surface area contributed by atoms with Gasteiger partial charge in [-0.25, -0.2) is 4.98 Å². The summed E-state index contributed by atoms with van der Waals surface area (Å²) in [6.07, 6.45) is 3.16. The van der Waals surface area contributed by atoms with Gasteiger partial charge in [0.2, 0.25) is 0 Å². The van der Waals surface area contributed by atoms with Gasteiger partial charge in [-0.3, -0.25) is 9.59 Å². The normalized spacial score (nSPS) is 14.6. The molecule has 0 bridgehead atoms. The lowest BCUT2D eigenvalue weighted by molar-refractivity contribution is 0.102. The van der Waals surface area contributed by atoms with Gasteiger partial charge in [0.25, 0.3) is 5.91 Å². The Morgan fingerprint density at radius 2 is 2.09 bits per heavy atom. The molecule has 3 N–H and O–H groups in total. The molecule has 0 radical (unpaired) electrons. The number of aryl methyl sites for hydroxylation is 1. The third-order valence-corrected chi connectivity index (χ3v) is 3.77. The van der Waals surface area contributed by atoms with E-state index in [9.17, 15) is 9.59 Å². The number of piperazine rings is 1. The van der Waals surface area contributed by atoms with Crippen molar-refractivity contribution in [1.82, 2.24) is 15.3 Å². The second kappa shape index (κ2) is 6.62. The van der Waals surface area contributed by atoms with Crippen molar-refractivity contribution in [3.05, 3.63) is 52.1 Å². The minimum atomic E-state index is -0.464. The van der Waals surface area contributed by atoms with E-state index in [1.165, 1.54) is 12.3 Å². The minimum Gasteiger partial charge on any atom is -0.368 e. The first-order valence-electron chi connectivity index (χ1n) is 7.56. The lowest BCUT2D eigenvalue weighted by Crippen LogP contribution is -2.43. The molecular formula is C16H19N5O2. The van der Waals surface area contributed by atoms with Crippen LogP contribution in [-0.2, 0) is 0 Å². The van der Waals surface area contributed by atoms with E-state index < -0.39 is 5.91 Å². The van der Waals surface area contributed by atoms with E-state index in [2.05, 4.69) is 25.5 Å². The Hall–Kier alpha value is -2.67. The van der Waals surface area contributed by atoms with Crippen molar-refractivity contribution < 1.29 is 4.79 Å². The Labute approximate surface area is 133 Å². The first kappa shape index (κ1) is 15.2. The maximum absolute atomic E-state index is 12.1. The smallest absolute Gasteiger partial charge is 0.262 e. The van der Waals surface area contributed by atoms with E-state index in [1.54, 1.807) is 19.2 Å². The fourth-order valence-corrected chi connectivity index (χ4v) is 2.50. The molecule has 7 nitrogen and oxygen atoms in total. The fraction of sp³-hybridized carbons (Fsp3) is 0.312. The molecule has 1 saturated heterocycles. The standard InChI is InChI=1S/C16H19N5O2/c1-11-8-14(22)13(10-18-11)16(23)20-15-3-2-12(9-19-15)21-6-4-17-5-7-21/h2-3,8-10,17H,4-7H2,1H3,(H,18,22)(H,19,20,23). The second-order valence-corrected chi connectivity index (χ2v) is 5.49. The Kier molecular flexibility index (Phi) is 4.38. The molecule has 0 aliphatic carbocycles. The van der Waals surface area contributed by atoms with Crippen molar-refractivity contribution in [1.29, 1.82) is 0 Å². The summed E-state index contributed by atoms with van der Waals surface area (Å²) < 4.78 is 0. The van der Waals surface area contributed by atoms with Crippen molar-refractivity contribution >= 4 is 17.4 Å². The van der Waals surface area contributed by atoms with Gasteiger partial charge in [-0.2, -0.15) is 0 Å². The van der Waals surface area contributed by atoms with Crippen LogP contribution in [0, 0.1) is 6.92 Å². The molecule has 1 fully saturated rings. The molecular weight excluding hydrogens is 294 g/mol. The highest BCUT2D eigenvalue weighted by Gasteiger charge is 2.13. The lowest BCUT2D eigenvalue weighted by Gasteiger charge is -2.29. The quantitative estimate of drug-likeness (QED) is 0.777. The summed E-state index contributed by atoms with van der Waals surface area (Å²) in [4.78, 5) is 33.3. The number of aromatic amines is 1. The molecule has 1 aliphatic rings. The van der Waals surface area contributed by atoms with E-state index in [1.807, 2.05) is 6.07 Å². The van der Waals surface area contributed by atoms with E-state index in [0.29, 0.717) is 11.5 Å². The van der Waals surface area contributed by atoms with Gasteiger partial charge < -0.3 is 20.5 Å². The van der Waals surface area contributed by atoms with Gasteiger partial charge in [0.05, 0.1) is 11.9 Å². The number of carbonyl (C=O) groups is 1. The van der Waals surface area contributed by atoms with Crippen molar-refractivity contribution in [2.45, 2.75) is 6.92 Å². The van der Waals surface area contributed by atoms with Crippen LogP contribution < -0.4 is 21.0 Å². The predicted molar refractivity (Wildman–Crippen MR) is 89.1 cm³/mol. The highest BCUT2D eigenvalue weighted by Crippen LogP contribution is 2.15. The number of aromatic nitrogens is 2. The molecule has 1 aliphatic heterocycles. The summed E-state index contributed by atoms with van der Waals surface area (Å²) in [6, 6.07) is 5.07. The first-order chi connectivity index (χ1) is 11.1. The van der Waals surface area contributed by atoms with Gasteiger partial charge >= 0.3 is 0 Å². The average Bonchev–Trinajstić information content (AvgIpc) is 2.56. The maximum Gasteiger partial charge on any atom is 0.262 e. The maximum atomic E-state index is 12.1. The summed E-state index contributed by atoms with van der Waals surface area (Å²) in [5.74, 6) is -0.0393. The average molecular weight is 313 g/mol.